The van der Waals surface area contributed by atoms with Crippen molar-refractivity contribution >= 4 is 27.6 Å². The summed E-state index contributed by atoms with van der Waals surface area (Å²) in [7, 11) is -3.38. The minimum absolute atomic E-state index is 0.205. The van der Waals surface area contributed by atoms with Crippen LogP contribution in [0.5, 0.6) is 0 Å². The fourth-order valence-corrected chi connectivity index (χ4v) is 4.82. The van der Waals surface area contributed by atoms with Crippen molar-refractivity contribution in [2.24, 2.45) is 0 Å². The molecule has 1 saturated heterocycles. The van der Waals surface area contributed by atoms with E-state index in [-0.39, 0.29) is 11.9 Å². The molecule has 1 aromatic rings. The van der Waals surface area contributed by atoms with Crippen molar-refractivity contribution in [3.8, 4) is 0 Å². The van der Waals surface area contributed by atoms with E-state index in [1.165, 1.54) is 16.6 Å². The van der Waals surface area contributed by atoms with Crippen LogP contribution in [-0.4, -0.2) is 69.9 Å². The van der Waals surface area contributed by atoms with Crippen molar-refractivity contribution in [3.05, 3.63) is 29.3 Å². The Balaban J connectivity index is 1.71. The van der Waals surface area contributed by atoms with Gasteiger partial charge in [-0.3, -0.25) is 9.10 Å². The Morgan fingerprint density at radius 3 is 2.56 bits per heavy atom. The maximum absolute atomic E-state index is 12.5. The van der Waals surface area contributed by atoms with E-state index in [0.29, 0.717) is 44.0 Å². The van der Waals surface area contributed by atoms with Gasteiger partial charge in [0.15, 0.2) is 6.10 Å². The van der Waals surface area contributed by atoms with Crippen LogP contribution < -0.4 is 4.31 Å². The monoisotopic (exact) mass is 396 g/mol. The highest BCUT2D eigenvalue weighted by Crippen LogP contribution is 2.34. The summed E-state index contributed by atoms with van der Waals surface area (Å²) in [6.07, 6.45) is 0.793. The number of fused-ring (bicyclic) bond motifs is 1. The summed E-state index contributed by atoms with van der Waals surface area (Å²) in [6.45, 7) is 5.30. The lowest BCUT2D eigenvalue weighted by molar-refractivity contribution is -0.143. The molecule has 0 N–H and O–H groups in total. The number of carbonyl (C=O) groups excluding carboxylic acids is 2. The van der Waals surface area contributed by atoms with Crippen molar-refractivity contribution in [1.82, 2.24) is 4.90 Å². The number of carbonyl (C=O) groups is 2. The number of anilines is 1. The summed E-state index contributed by atoms with van der Waals surface area (Å²) in [6, 6.07) is 4.59. The number of hydrogen-bond acceptors (Lipinski definition) is 6. The Labute approximate surface area is 159 Å². The number of nitrogens with zero attached hydrogens (tertiary/aromatic N) is 2. The van der Waals surface area contributed by atoms with Gasteiger partial charge in [0.05, 0.1) is 30.7 Å². The number of amides is 1. The Bertz CT molecular complexity index is 847. The van der Waals surface area contributed by atoms with Crippen molar-refractivity contribution in [2.75, 3.05) is 36.9 Å². The van der Waals surface area contributed by atoms with E-state index in [4.69, 9.17) is 9.47 Å². The third-order valence-corrected chi connectivity index (χ3v) is 6.05. The van der Waals surface area contributed by atoms with Gasteiger partial charge in [0.2, 0.25) is 10.0 Å². The van der Waals surface area contributed by atoms with Gasteiger partial charge in [0.25, 0.3) is 5.91 Å². The van der Waals surface area contributed by atoms with Crippen LogP contribution in [0.25, 0.3) is 0 Å². The Morgan fingerprint density at radius 2 is 1.93 bits per heavy atom. The van der Waals surface area contributed by atoms with E-state index in [1.807, 2.05) is 6.92 Å². The van der Waals surface area contributed by atoms with E-state index in [0.717, 1.165) is 5.56 Å². The molecule has 3 rings (SSSR count). The van der Waals surface area contributed by atoms with Crippen LogP contribution in [0.2, 0.25) is 0 Å². The minimum atomic E-state index is -3.38. The normalized spacial score (nSPS) is 20.9. The minimum Gasteiger partial charge on any atom is -0.449 e. The molecule has 0 saturated carbocycles. The fraction of sp³-hybridized carbons (Fsp3) is 0.556. The summed E-state index contributed by atoms with van der Waals surface area (Å²) in [5, 5.41) is 0. The molecule has 27 heavy (non-hydrogen) atoms. The lowest BCUT2D eigenvalue weighted by Crippen LogP contribution is -2.46. The van der Waals surface area contributed by atoms with Gasteiger partial charge < -0.3 is 14.4 Å². The Hall–Kier alpha value is -2.13. The Kier molecular flexibility index (Phi) is 5.43. The molecule has 8 nitrogen and oxygen atoms in total. The van der Waals surface area contributed by atoms with E-state index in [1.54, 1.807) is 24.0 Å². The molecule has 2 aliphatic rings. The largest absolute Gasteiger partial charge is 0.449 e. The standard InChI is InChI=1S/C18H24N2O6S/c1-12-10-15-11-14(4-5-16(15)20(12)27(3,23)24)18(22)26-13(2)17(21)19-6-8-25-9-7-19/h4-5,11-13H,6-10H2,1-3H3. The number of sulfonamides is 1. The smallest absolute Gasteiger partial charge is 0.338 e. The number of benzene rings is 1. The second-order valence-electron chi connectivity index (χ2n) is 6.94. The van der Waals surface area contributed by atoms with Crippen LogP contribution in [0.15, 0.2) is 18.2 Å². The van der Waals surface area contributed by atoms with Gasteiger partial charge in [-0.15, -0.1) is 0 Å². The predicted octanol–water partition coefficient (Wildman–Crippen LogP) is 0.801. The molecule has 0 aliphatic carbocycles. The summed E-state index contributed by atoms with van der Waals surface area (Å²) in [5.74, 6) is -0.845. The molecule has 2 heterocycles. The molecule has 148 valence electrons. The van der Waals surface area contributed by atoms with Crippen LogP contribution >= 0.6 is 0 Å². The van der Waals surface area contributed by atoms with E-state index in [9.17, 15) is 18.0 Å². The van der Waals surface area contributed by atoms with Gasteiger partial charge in [-0.1, -0.05) is 0 Å². The maximum Gasteiger partial charge on any atom is 0.338 e. The first-order chi connectivity index (χ1) is 12.7. The van der Waals surface area contributed by atoms with E-state index in [2.05, 4.69) is 0 Å². The molecule has 0 spiro atoms. The van der Waals surface area contributed by atoms with Crippen molar-refractivity contribution in [3.63, 3.8) is 0 Å². The number of esters is 1. The number of morpholine rings is 1. The van der Waals surface area contributed by atoms with Gasteiger partial charge >= 0.3 is 5.97 Å². The second kappa shape index (κ2) is 7.47. The van der Waals surface area contributed by atoms with Crippen molar-refractivity contribution in [1.29, 1.82) is 0 Å². The second-order valence-corrected chi connectivity index (χ2v) is 8.80. The highest BCUT2D eigenvalue weighted by Gasteiger charge is 2.33. The van der Waals surface area contributed by atoms with Crippen LogP contribution in [0.1, 0.15) is 29.8 Å². The molecule has 1 amide bonds. The molecule has 2 aliphatic heterocycles. The van der Waals surface area contributed by atoms with Crippen molar-refractivity contribution < 1.29 is 27.5 Å². The number of rotatable bonds is 4. The summed E-state index contributed by atoms with van der Waals surface area (Å²) >= 11 is 0. The highest BCUT2D eigenvalue weighted by molar-refractivity contribution is 7.92. The molecule has 1 aromatic carbocycles. The lowest BCUT2D eigenvalue weighted by Gasteiger charge is -2.29. The summed E-state index contributed by atoms with van der Waals surface area (Å²) in [4.78, 5) is 26.4. The van der Waals surface area contributed by atoms with Crippen LogP contribution in [0.3, 0.4) is 0 Å². The fourth-order valence-electron chi connectivity index (χ4n) is 3.55. The third kappa shape index (κ3) is 4.08. The average molecular weight is 396 g/mol. The maximum atomic E-state index is 12.5. The first-order valence-corrected chi connectivity index (χ1v) is 10.7. The van der Waals surface area contributed by atoms with Crippen LogP contribution in [-0.2, 0) is 30.7 Å². The lowest BCUT2D eigenvalue weighted by atomic mass is 10.1. The zero-order valence-corrected chi connectivity index (χ0v) is 16.5. The molecular formula is C18H24N2O6S. The molecule has 2 atom stereocenters. The molecule has 0 bridgehead atoms. The van der Waals surface area contributed by atoms with Crippen LogP contribution in [0.4, 0.5) is 5.69 Å². The average Bonchev–Trinajstić information content (AvgIpc) is 2.96. The number of hydrogen-bond donors (Lipinski definition) is 0. The molecule has 1 fully saturated rings. The zero-order chi connectivity index (χ0) is 19.8. The first-order valence-electron chi connectivity index (χ1n) is 8.88. The van der Waals surface area contributed by atoms with Crippen LogP contribution in [0, 0.1) is 0 Å². The Morgan fingerprint density at radius 1 is 1.26 bits per heavy atom. The molecule has 2 unspecified atom stereocenters. The van der Waals surface area contributed by atoms with Crippen molar-refractivity contribution in [2.45, 2.75) is 32.4 Å². The van der Waals surface area contributed by atoms with Gasteiger partial charge in [-0.05, 0) is 44.0 Å². The summed E-state index contributed by atoms with van der Waals surface area (Å²) in [5.41, 5.74) is 1.66. The molecular weight excluding hydrogens is 372 g/mol. The van der Waals surface area contributed by atoms with E-state index < -0.39 is 22.1 Å². The third-order valence-electron chi connectivity index (χ3n) is 4.78. The quantitative estimate of drug-likeness (QED) is 0.699. The van der Waals surface area contributed by atoms with Gasteiger partial charge in [-0.2, -0.15) is 0 Å². The van der Waals surface area contributed by atoms with Gasteiger partial charge in [-0.25, -0.2) is 13.2 Å². The zero-order valence-electron chi connectivity index (χ0n) is 15.7. The highest BCUT2D eigenvalue weighted by atomic mass is 32.2. The molecule has 0 aromatic heterocycles. The number of ether oxygens (including phenoxy) is 2. The van der Waals surface area contributed by atoms with Gasteiger partial charge in [0.1, 0.15) is 0 Å². The molecule has 0 radical (unpaired) electrons. The van der Waals surface area contributed by atoms with Gasteiger partial charge in [0, 0.05) is 19.1 Å². The topological polar surface area (TPSA) is 93.2 Å². The predicted molar refractivity (Wildman–Crippen MR) is 99.2 cm³/mol. The summed E-state index contributed by atoms with van der Waals surface area (Å²) < 4.78 is 35.9. The SMILES string of the molecule is CC(OC(=O)c1ccc2c(c1)CC(C)N2S(C)(=O)=O)C(=O)N1CCOCC1. The molecule has 9 heteroatoms. The first kappa shape index (κ1) is 19.6. The van der Waals surface area contributed by atoms with E-state index >= 15 is 0 Å².